The summed E-state index contributed by atoms with van der Waals surface area (Å²) in [5.74, 6) is -0.0449. The molecule has 0 fully saturated rings. The average molecular weight is 365 g/mol. The van der Waals surface area contributed by atoms with Crippen LogP contribution in [-0.4, -0.2) is 31.0 Å². The summed E-state index contributed by atoms with van der Waals surface area (Å²) in [6, 6.07) is 10.1. The minimum Gasteiger partial charge on any atom is -0.435 e. The first-order valence-electron chi connectivity index (χ1n) is 7.47. The molecule has 0 aliphatic rings. The van der Waals surface area contributed by atoms with Crippen LogP contribution < -0.4 is 10.1 Å². The number of nitrogens with zero attached hydrogens (tertiary/aromatic N) is 2. The summed E-state index contributed by atoms with van der Waals surface area (Å²) in [5, 5.41) is 14.0. The van der Waals surface area contributed by atoms with Crippen LogP contribution in [0.3, 0.4) is 0 Å². The lowest BCUT2D eigenvalue weighted by molar-refractivity contribution is -0.116. The molecule has 0 aliphatic heterocycles. The van der Waals surface area contributed by atoms with Crippen molar-refractivity contribution in [2.45, 2.75) is 19.6 Å². The number of rotatable bonds is 8. The molecule has 2 rings (SSSR count). The minimum atomic E-state index is -2.84. The molecule has 132 valence electrons. The molecule has 1 heterocycles. The van der Waals surface area contributed by atoms with Crippen molar-refractivity contribution in [2.24, 2.45) is 0 Å². The Morgan fingerprint density at radius 2 is 2.08 bits per heavy atom. The van der Waals surface area contributed by atoms with E-state index in [0.717, 1.165) is 5.56 Å². The third-order valence-corrected chi connectivity index (χ3v) is 4.19. The Morgan fingerprint density at radius 3 is 2.72 bits per heavy atom. The van der Waals surface area contributed by atoms with Crippen molar-refractivity contribution in [2.75, 3.05) is 18.9 Å². The van der Waals surface area contributed by atoms with Gasteiger partial charge in [0.05, 0.1) is 5.56 Å². The molecule has 0 saturated heterocycles. The molecule has 0 radical (unpaired) electrons. The maximum absolute atomic E-state index is 12.1. The Labute approximate surface area is 148 Å². The second-order valence-corrected chi connectivity index (χ2v) is 6.25. The number of alkyl halides is 2. The molecule has 1 amide bonds. The molecular weight excluding hydrogens is 348 g/mol. The molecule has 2 aromatic rings. The van der Waals surface area contributed by atoms with Crippen molar-refractivity contribution < 1.29 is 18.3 Å². The predicted octanol–water partition coefficient (Wildman–Crippen LogP) is 3.68. The van der Waals surface area contributed by atoms with Crippen LogP contribution >= 0.6 is 11.3 Å². The predicted molar refractivity (Wildman–Crippen MR) is 91.7 cm³/mol. The number of halogens is 2. The molecule has 25 heavy (non-hydrogen) atoms. The number of ether oxygens (including phenoxy) is 1. The van der Waals surface area contributed by atoms with E-state index in [9.17, 15) is 13.6 Å². The molecule has 1 N–H and O–H groups in total. The van der Waals surface area contributed by atoms with Crippen LogP contribution in [0.5, 0.6) is 5.75 Å². The smallest absolute Gasteiger partial charge is 0.387 e. The van der Waals surface area contributed by atoms with E-state index in [-0.39, 0.29) is 18.1 Å². The molecule has 1 aromatic carbocycles. The summed E-state index contributed by atoms with van der Waals surface area (Å²) in [6.07, 6.45) is 0.284. The van der Waals surface area contributed by atoms with Crippen LogP contribution in [-0.2, 0) is 11.3 Å². The summed E-state index contributed by atoms with van der Waals surface area (Å²) < 4.78 is 28.5. The van der Waals surface area contributed by atoms with Crippen molar-refractivity contribution in [3.63, 3.8) is 0 Å². The number of anilines is 1. The van der Waals surface area contributed by atoms with Gasteiger partial charge in [-0.05, 0) is 36.2 Å². The summed E-state index contributed by atoms with van der Waals surface area (Å²) >= 11 is 1.31. The van der Waals surface area contributed by atoms with Crippen LogP contribution in [0.4, 0.5) is 13.8 Å². The van der Waals surface area contributed by atoms with E-state index in [2.05, 4.69) is 10.1 Å². The van der Waals surface area contributed by atoms with Crippen LogP contribution in [0, 0.1) is 11.3 Å². The number of benzene rings is 1. The van der Waals surface area contributed by atoms with E-state index in [1.807, 2.05) is 18.0 Å². The van der Waals surface area contributed by atoms with Crippen LogP contribution in [0.15, 0.2) is 35.7 Å². The van der Waals surface area contributed by atoms with Gasteiger partial charge < -0.3 is 15.0 Å². The highest BCUT2D eigenvalue weighted by atomic mass is 32.1. The van der Waals surface area contributed by atoms with Crippen LogP contribution in [0.1, 0.15) is 17.5 Å². The van der Waals surface area contributed by atoms with Gasteiger partial charge in [0.1, 0.15) is 16.8 Å². The first-order valence-corrected chi connectivity index (χ1v) is 8.35. The lowest BCUT2D eigenvalue weighted by Gasteiger charge is -2.16. The fourth-order valence-corrected chi connectivity index (χ4v) is 2.90. The minimum absolute atomic E-state index is 0.116. The SMILES string of the molecule is CN(CCC(=O)Nc1sccc1C#N)Cc1ccc(OC(F)F)cc1. The third kappa shape index (κ3) is 6.14. The second-order valence-electron chi connectivity index (χ2n) is 5.33. The maximum atomic E-state index is 12.1. The number of thiophene rings is 1. The van der Waals surface area contributed by atoms with Gasteiger partial charge in [-0.15, -0.1) is 11.3 Å². The monoisotopic (exact) mass is 365 g/mol. The van der Waals surface area contributed by atoms with E-state index < -0.39 is 6.61 Å². The van der Waals surface area contributed by atoms with E-state index in [1.165, 1.54) is 23.5 Å². The van der Waals surface area contributed by atoms with Gasteiger partial charge >= 0.3 is 6.61 Å². The lowest BCUT2D eigenvalue weighted by atomic mass is 10.2. The van der Waals surface area contributed by atoms with Gasteiger partial charge in [0.25, 0.3) is 0 Å². The quantitative estimate of drug-likeness (QED) is 0.775. The number of carbonyl (C=O) groups excluding carboxylic acids is 1. The number of nitriles is 1. The van der Waals surface area contributed by atoms with Gasteiger partial charge in [0, 0.05) is 19.5 Å². The van der Waals surface area contributed by atoms with Gasteiger partial charge in [-0.2, -0.15) is 14.0 Å². The second kappa shape index (κ2) is 9.11. The zero-order valence-corrected chi connectivity index (χ0v) is 14.4. The summed E-state index contributed by atoms with van der Waals surface area (Å²) in [7, 11) is 1.86. The number of hydrogen-bond acceptors (Lipinski definition) is 5. The van der Waals surface area contributed by atoms with E-state index in [4.69, 9.17) is 5.26 Å². The molecular formula is C17H17F2N3O2S. The van der Waals surface area contributed by atoms with Crippen molar-refractivity contribution in [3.05, 3.63) is 46.8 Å². The van der Waals surface area contributed by atoms with Gasteiger partial charge in [-0.25, -0.2) is 0 Å². The van der Waals surface area contributed by atoms with E-state index in [0.29, 0.717) is 23.7 Å². The number of hydrogen-bond donors (Lipinski definition) is 1. The standard InChI is InChI=1S/C17H17F2N3O2S/c1-22(11-12-2-4-14(5-3-12)24-17(18)19)8-6-15(23)21-16-13(10-20)7-9-25-16/h2-5,7,9,17H,6,8,11H2,1H3,(H,21,23). The Kier molecular flexibility index (Phi) is 6.86. The number of carbonyl (C=O) groups is 1. The highest BCUT2D eigenvalue weighted by Gasteiger charge is 2.10. The fraction of sp³-hybridized carbons (Fsp3) is 0.294. The zero-order valence-electron chi connectivity index (χ0n) is 13.5. The Balaban J connectivity index is 1.77. The Morgan fingerprint density at radius 1 is 1.36 bits per heavy atom. The molecule has 0 atom stereocenters. The van der Waals surface area contributed by atoms with Crippen molar-refractivity contribution in [1.29, 1.82) is 5.26 Å². The van der Waals surface area contributed by atoms with Crippen molar-refractivity contribution in [3.8, 4) is 11.8 Å². The van der Waals surface area contributed by atoms with Crippen LogP contribution in [0.25, 0.3) is 0 Å². The number of amides is 1. The molecule has 5 nitrogen and oxygen atoms in total. The lowest BCUT2D eigenvalue weighted by Crippen LogP contribution is -2.24. The highest BCUT2D eigenvalue weighted by Crippen LogP contribution is 2.22. The van der Waals surface area contributed by atoms with E-state index >= 15 is 0 Å². The van der Waals surface area contributed by atoms with Gasteiger partial charge in [-0.1, -0.05) is 12.1 Å². The van der Waals surface area contributed by atoms with Crippen molar-refractivity contribution >= 4 is 22.2 Å². The average Bonchev–Trinajstić information content (AvgIpc) is 3.01. The largest absolute Gasteiger partial charge is 0.435 e. The summed E-state index contributed by atoms with van der Waals surface area (Å²) in [4.78, 5) is 13.9. The Bertz CT molecular complexity index is 741. The molecule has 0 bridgehead atoms. The summed E-state index contributed by atoms with van der Waals surface area (Å²) in [6.45, 7) is -1.74. The molecule has 0 spiro atoms. The fourth-order valence-electron chi connectivity index (χ4n) is 2.14. The first kappa shape index (κ1) is 18.8. The zero-order chi connectivity index (χ0) is 18.2. The topological polar surface area (TPSA) is 65.4 Å². The van der Waals surface area contributed by atoms with Crippen LogP contribution in [0.2, 0.25) is 0 Å². The maximum Gasteiger partial charge on any atom is 0.387 e. The van der Waals surface area contributed by atoms with E-state index in [1.54, 1.807) is 23.6 Å². The molecule has 0 saturated carbocycles. The molecule has 8 heteroatoms. The molecule has 1 aromatic heterocycles. The van der Waals surface area contributed by atoms with Crippen molar-refractivity contribution in [1.82, 2.24) is 4.90 Å². The molecule has 0 aliphatic carbocycles. The molecule has 0 unspecified atom stereocenters. The normalized spacial score (nSPS) is 10.7. The number of nitrogens with one attached hydrogen (secondary N) is 1. The Hall–Kier alpha value is -2.50. The first-order chi connectivity index (χ1) is 12.0. The van der Waals surface area contributed by atoms with Gasteiger partial charge in [-0.3, -0.25) is 4.79 Å². The van der Waals surface area contributed by atoms with Gasteiger partial charge in [0.2, 0.25) is 5.91 Å². The summed E-state index contributed by atoms with van der Waals surface area (Å²) in [5.41, 5.74) is 1.38. The third-order valence-electron chi connectivity index (χ3n) is 3.36. The van der Waals surface area contributed by atoms with Gasteiger partial charge in [0.15, 0.2) is 0 Å². The highest BCUT2D eigenvalue weighted by molar-refractivity contribution is 7.14.